The van der Waals surface area contributed by atoms with Gasteiger partial charge in [0.05, 0.1) is 6.61 Å². The number of halogens is 1. The fourth-order valence-electron chi connectivity index (χ4n) is 1.54. The standard InChI is InChI=1S/C13H21FN2O/c1-3-17-13-7-6-11(9-12(13)14)16-8-4-5-10(2)15/h6-7,9-10,16H,3-5,8,15H2,1-2H3. The largest absolute Gasteiger partial charge is 0.491 e. The van der Waals surface area contributed by atoms with Gasteiger partial charge < -0.3 is 15.8 Å². The van der Waals surface area contributed by atoms with Gasteiger partial charge in [-0.3, -0.25) is 0 Å². The molecule has 0 saturated carbocycles. The van der Waals surface area contributed by atoms with Crippen molar-refractivity contribution in [3.05, 3.63) is 24.0 Å². The van der Waals surface area contributed by atoms with Gasteiger partial charge in [0.2, 0.25) is 0 Å². The fourth-order valence-corrected chi connectivity index (χ4v) is 1.54. The van der Waals surface area contributed by atoms with Crippen molar-refractivity contribution in [2.45, 2.75) is 32.7 Å². The number of hydrogen-bond donors (Lipinski definition) is 2. The highest BCUT2D eigenvalue weighted by molar-refractivity contribution is 5.47. The Labute approximate surface area is 102 Å². The van der Waals surface area contributed by atoms with Gasteiger partial charge in [-0.15, -0.1) is 0 Å². The number of nitrogens with one attached hydrogen (secondary N) is 1. The predicted octanol–water partition coefficient (Wildman–Crippen LogP) is 2.76. The van der Waals surface area contributed by atoms with Crippen LogP contribution in [-0.2, 0) is 0 Å². The van der Waals surface area contributed by atoms with E-state index in [4.69, 9.17) is 10.5 Å². The van der Waals surface area contributed by atoms with E-state index in [1.807, 2.05) is 19.9 Å². The van der Waals surface area contributed by atoms with Gasteiger partial charge in [-0.1, -0.05) is 0 Å². The molecule has 3 nitrogen and oxygen atoms in total. The average molecular weight is 240 g/mol. The molecule has 4 heteroatoms. The normalized spacial score (nSPS) is 12.2. The molecule has 0 aliphatic heterocycles. The molecule has 1 aromatic carbocycles. The van der Waals surface area contributed by atoms with Crippen LogP contribution in [0.5, 0.6) is 5.75 Å². The third kappa shape index (κ3) is 5.04. The summed E-state index contributed by atoms with van der Waals surface area (Å²) in [5.74, 6) is -0.0299. The van der Waals surface area contributed by atoms with Gasteiger partial charge >= 0.3 is 0 Å². The lowest BCUT2D eigenvalue weighted by Crippen LogP contribution is -2.16. The van der Waals surface area contributed by atoms with Crippen LogP contribution in [0.1, 0.15) is 26.7 Å². The van der Waals surface area contributed by atoms with Crippen LogP contribution in [0.3, 0.4) is 0 Å². The number of anilines is 1. The number of nitrogens with two attached hydrogens (primary N) is 1. The van der Waals surface area contributed by atoms with Crippen molar-refractivity contribution in [2.75, 3.05) is 18.5 Å². The van der Waals surface area contributed by atoms with Crippen LogP contribution < -0.4 is 15.8 Å². The van der Waals surface area contributed by atoms with Crippen LogP contribution in [0.4, 0.5) is 10.1 Å². The molecule has 0 aliphatic rings. The van der Waals surface area contributed by atoms with E-state index in [-0.39, 0.29) is 11.9 Å². The number of rotatable bonds is 7. The zero-order valence-electron chi connectivity index (χ0n) is 10.5. The molecule has 1 rings (SSSR count). The SMILES string of the molecule is CCOc1ccc(NCCCC(C)N)cc1F. The van der Waals surface area contributed by atoms with Crippen molar-refractivity contribution in [2.24, 2.45) is 5.73 Å². The van der Waals surface area contributed by atoms with E-state index >= 15 is 0 Å². The third-order valence-corrected chi connectivity index (χ3v) is 2.40. The number of ether oxygens (including phenoxy) is 1. The molecule has 96 valence electrons. The minimum Gasteiger partial charge on any atom is -0.491 e. The van der Waals surface area contributed by atoms with Crippen molar-refractivity contribution in [3.8, 4) is 5.75 Å². The number of benzene rings is 1. The van der Waals surface area contributed by atoms with E-state index in [2.05, 4.69) is 5.32 Å². The van der Waals surface area contributed by atoms with Crippen molar-refractivity contribution in [1.82, 2.24) is 0 Å². The Morgan fingerprint density at radius 2 is 2.24 bits per heavy atom. The third-order valence-electron chi connectivity index (χ3n) is 2.40. The summed E-state index contributed by atoms with van der Waals surface area (Å²) in [6.45, 7) is 5.09. The quantitative estimate of drug-likeness (QED) is 0.720. The molecule has 0 fully saturated rings. The van der Waals surface area contributed by atoms with E-state index < -0.39 is 0 Å². The summed E-state index contributed by atoms with van der Waals surface area (Å²) in [4.78, 5) is 0. The van der Waals surface area contributed by atoms with E-state index in [0.717, 1.165) is 25.1 Å². The second-order valence-corrected chi connectivity index (χ2v) is 4.12. The van der Waals surface area contributed by atoms with Crippen LogP contribution in [0.15, 0.2) is 18.2 Å². The highest BCUT2D eigenvalue weighted by Crippen LogP contribution is 2.21. The molecular weight excluding hydrogens is 219 g/mol. The first-order chi connectivity index (χ1) is 8.13. The molecule has 0 spiro atoms. The molecule has 3 N–H and O–H groups in total. The van der Waals surface area contributed by atoms with Crippen LogP contribution in [-0.4, -0.2) is 19.2 Å². The Balaban J connectivity index is 2.41. The second-order valence-electron chi connectivity index (χ2n) is 4.12. The van der Waals surface area contributed by atoms with E-state index in [9.17, 15) is 4.39 Å². The molecule has 0 bridgehead atoms. The molecule has 1 aromatic rings. The maximum atomic E-state index is 13.5. The van der Waals surface area contributed by atoms with Crippen molar-refractivity contribution < 1.29 is 9.13 Å². The summed E-state index contributed by atoms with van der Waals surface area (Å²) >= 11 is 0. The molecule has 0 saturated heterocycles. The molecule has 0 amide bonds. The fraction of sp³-hybridized carbons (Fsp3) is 0.538. The Hall–Kier alpha value is -1.29. The lowest BCUT2D eigenvalue weighted by molar-refractivity contribution is 0.321. The van der Waals surface area contributed by atoms with Crippen LogP contribution in [0, 0.1) is 5.82 Å². The van der Waals surface area contributed by atoms with E-state index in [0.29, 0.717) is 12.4 Å². The highest BCUT2D eigenvalue weighted by atomic mass is 19.1. The lowest BCUT2D eigenvalue weighted by Gasteiger charge is -2.10. The summed E-state index contributed by atoms with van der Waals surface area (Å²) in [5.41, 5.74) is 6.42. The van der Waals surface area contributed by atoms with Gasteiger partial charge in [0.15, 0.2) is 11.6 Å². The molecule has 0 aliphatic carbocycles. The molecule has 1 unspecified atom stereocenters. The summed E-state index contributed by atoms with van der Waals surface area (Å²) in [5, 5.41) is 3.16. The van der Waals surface area contributed by atoms with Crippen LogP contribution in [0.25, 0.3) is 0 Å². The minimum absolute atomic E-state index is 0.217. The lowest BCUT2D eigenvalue weighted by atomic mass is 10.2. The smallest absolute Gasteiger partial charge is 0.167 e. The zero-order chi connectivity index (χ0) is 12.7. The van der Waals surface area contributed by atoms with Gasteiger partial charge in [-0.25, -0.2) is 4.39 Å². The van der Waals surface area contributed by atoms with Gasteiger partial charge in [0.1, 0.15) is 0 Å². The molecular formula is C13H21FN2O. The van der Waals surface area contributed by atoms with Gasteiger partial charge in [0, 0.05) is 24.3 Å². The van der Waals surface area contributed by atoms with E-state index in [1.54, 1.807) is 6.07 Å². The first kappa shape index (κ1) is 13.8. The average Bonchev–Trinajstić information content (AvgIpc) is 2.28. The second kappa shape index (κ2) is 7.12. The predicted molar refractivity (Wildman–Crippen MR) is 68.9 cm³/mol. The first-order valence-corrected chi connectivity index (χ1v) is 6.05. The summed E-state index contributed by atoms with van der Waals surface area (Å²) < 4.78 is 18.6. The molecule has 0 radical (unpaired) electrons. The Bertz CT molecular complexity index is 342. The molecule has 1 atom stereocenters. The van der Waals surface area contributed by atoms with Gasteiger partial charge in [-0.05, 0) is 38.8 Å². The van der Waals surface area contributed by atoms with Crippen molar-refractivity contribution in [1.29, 1.82) is 0 Å². The van der Waals surface area contributed by atoms with Crippen LogP contribution >= 0.6 is 0 Å². The summed E-state index contributed by atoms with van der Waals surface area (Å²) in [6.07, 6.45) is 1.94. The first-order valence-electron chi connectivity index (χ1n) is 6.05. The Kier molecular flexibility index (Phi) is 5.77. The summed E-state index contributed by atoms with van der Waals surface area (Å²) in [6, 6.07) is 5.14. The highest BCUT2D eigenvalue weighted by Gasteiger charge is 2.03. The molecule has 0 aromatic heterocycles. The minimum atomic E-state index is -0.330. The summed E-state index contributed by atoms with van der Waals surface area (Å²) in [7, 11) is 0. The van der Waals surface area contributed by atoms with Gasteiger partial charge in [-0.2, -0.15) is 0 Å². The number of hydrogen-bond acceptors (Lipinski definition) is 3. The maximum Gasteiger partial charge on any atom is 0.167 e. The van der Waals surface area contributed by atoms with Gasteiger partial charge in [0.25, 0.3) is 0 Å². The molecule has 17 heavy (non-hydrogen) atoms. The van der Waals surface area contributed by atoms with Crippen LogP contribution in [0.2, 0.25) is 0 Å². The maximum absolute atomic E-state index is 13.5. The Morgan fingerprint density at radius 1 is 1.47 bits per heavy atom. The topological polar surface area (TPSA) is 47.3 Å². The zero-order valence-corrected chi connectivity index (χ0v) is 10.5. The van der Waals surface area contributed by atoms with Crippen molar-refractivity contribution >= 4 is 5.69 Å². The van der Waals surface area contributed by atoms with E-state index in [1.165, 1.54) is 6.07 Å². The van der Waals surface area contributed by atoms with Crippen molar-refractivity contribution in [3.63, 3.8) is 0 Å². The Morgan fingerprint density at radius 3 is 2.82 bits per heavy atom. The monoisotopic (exact) mass is 240 g/mol. The molecule has 0 heterocycles.